The SMILES string of the molecule is CNC(=O)c1ccc(C2CCCN2C(=O)CCC2CCCC2)nc1C. The first-order valence-electron chi connectivity index (χ1n) is 9.59. The molecule has 3 rings (SSSR count). The van der Waals surface area contributed by atoms with E-state index >= 15 is 0 Å². The van der Waals surface area contributed by atoms with Crippen LogP contribution in [0.15, 0.2) is 12.1 Å². The Morgan fingerprint density at radius 1 is 1.20 bits per heavy atom. The van der Waals surface area contributed by atoms with Crippen molar-refractivity contribution in [2.45, 2.75) is 64.3 Å². The van der Waals surface area contributed by atoms with Gasteiger partial charge in [-0.3, -0.25) is 14.6 Å². The first kappa shape index (κ1) is 17.9. The van der Waals surface area contributed by atoms with Crippen molar-refractivity contribution in [3.05, 3.63) is 29.1 Å². The molecule has 5 heteroatoms. The Kier molecular flexibility index (Phi) is 5.71. The molecule has 0 aromatic carbocycles. The van der Waals surface area contributed by atoms with Crippen LogP contribution in [0.25, 0.3) is 0 Å². The Morgan fingerprint density at radius 2 is 1.96 bits per heavy atom. The molecule has 1 aromatic rings. The van der Waals surface area contributed by atoms with Gasteiger partial charge in [-0.1, -0.05) is 25.7 Å². The first-order valence-corrected chi connectivity index (χ1v) is 9.59. The minimum Gasteiger partial charge on any atom is -0.355 e. The summed E-state index contributed by atoms with van der Waals surface area (Å²) in [6.45, 7) is 2.68. The summed E-state index contributed by atoms with van der Waals surface area (Å²) in [4.78, 5) is 31.2. The number of hydrogen-bond acceptors (Lipinski definition) is 3. The number of aromatic nitrogens is 1. The fourth-order valence-electron chi connectivity index (χ4n) is 4.28. The highest BCUT2D eigenvalue weighted by molar-refractivity contribution is 5.94. The predicted octanol–water partition coefficient (Wildman–Crippen LogP) is 3.38. The number of nitrogens with one attached hydrogen (secondary N) is 1. The molecule has 1 saturated heterocycles. The van der Waals surface area contributed by atoms with Crippen LogP contribution < -0.4 is 5.32 Å². The highest BCUT2D eigenvalue weighted by atomic mass is 16.2. The first-order chi connectivity index (χ1) is 12.1. The van der Waals surface area contributed by atoms with Gasteiger partial charge in [-0.15, -0.1) is 0 Å². The Balaban J connectivity index is 1.67. The fraction of sp³-hybridized carbons (Fsp3) is 0.650. The maximum absolute atomic E-state index is 12.7. The molecule has 25 heavy (non-hydrogen) atoms. The summed E-state index contributed by atoms with van der Waals surface area (Å²) in [6, 6.07) is 3.80. The topological polar surface area (TPSA) is 62.3 Å². The van der Waals surface area contributed by atoms with Gasteiger partial charge in [-0.2, -0.15) is 0 Å². The second kappa shape index (κ2) is 7.98. The zero-order valence-corrected chi connectivity index (χ0v) is 15.4. The van der Waals surface area contributed by atoms with Crippen LogP contribution >= 0.6 is 0 Å². The quantitative estimate of drug-likeness (QED) is 0.891. The lowest BCUT2D eigenvalue weighted by molar-refractivity contribution is -0.132. The van der Waals surface area contributed by atoms with Crippen molar-refractivity contribution in [2.24, 2.45) is 5.92 Å². The number of carbonyl (C=O) groups excluding carboxylic acids is 2. The molecular formula is C20H29N3O2. The summed E-state index contributed by atoms with van der Waals surface area (Å²) in [5, 5.41) is 2.64. The molecule has 1 aliphatic carbocycles. The lowest BCUT2D eigenvalue weighted by Crippen LogP contribution is -2.31. The minimum atomic E-state index is -0.118. The monoisotopic (exact) mass is 343 g/mol. The standard InChI is InChI=1S/C20H29N3O2/c1-14-16(20(25)21-2)10-11-17(22-14)18-8-5-13-23(18)19(24)12-9-15-6-3-4-7-15/h10-11,15,18H,3-9,12-13H2,1-2H3,(H,21,25). The number of aryl methyl sites for hydroxylation is 1. The van der Waals surface area contributed by atoms with Crippen LogP contribution in [-0.2, 0) is 4.79 Å². The van der Waals surface area contributed by atoms with Gasteiger partial charge in [-0.05, 0) is 44.2 Å². The Labute approximate surface area is 150 Å². The van der Waals surface area contributed by atoms with Gasteiger partial charge in [-0.25, -0.2) is 0 Å². The van der Waals surface area contributed by atoms with Gasteiger partial charge in [0, 0.05) is 20.0 Å². The van der Waals surface area contributed by atoms with Gasteiger partial charge in [0.15, 0.2) is 0 Å². The molecule has 136 valence electrons. The second-order valence-electron chi connectivity index (χ2n) is 7.38. The zero-order chi connectivity index (χ0) is 17.8. The highest BCUT2D eigenvalue weighted by Crippen LogP contribution is 2.33. The van der Waals surface area contributed by atoms with Crippen LogP contribution in [0.4, 0.5) is 0 Å². The molecule has 2 aliphatic rings. The minimum absolute atomic E-state index is 0.0634. The molecule has 2 heterocycles. The third kappa shape index (κ3) is 4.02. The number of carbonyl (C=O) groups is 2. The summed E-state index contributed by atoms with van der Waals surface area (Å²) in [7, 11) is 1.62. The number of hydrogen-bond donors (Lipinski definition) is 1. The van der Waals surface area contributed by atoms with Crippen molar-refractivity contribution in [3.8, 4) is 0 Å². The van der Waals surface area contributed by atoms with E-state index in [-0.39, 0.29) is 17.9 Å². The fourth-order valence-corrected chi connectivity index (χ4v) is 4.28. The van der Waals surface area contributed by atoms with E-state index in [2.05, 4.69) is 10.3 Å². The Morgan fingerprint density at radius 3 is 2.64 bits per heavy atom. The lowest BCUT2D eigenvalue weighted by Gasteiger charge is -2.25. The largest absolute Gasteiger partial charge is 0.355 e. The van der Waals surface area contributed by atoms with Crippen LogP contribution in [-0.4, -0.2) is 35.3 Å². The normalized spacial score (nSPS) is 20.9. The third-order valence-electron chi connectivity index (χ3n) is 5.73. The number of amides is 2. The molecule has 0 radical (unpaired) electrons. The maximum atomic E-state index is 12.7. The lowest BCUT2D eigenvalue weighted by atomic mass is 10.0. The van der Waals surface area contributed by atoms with E-state index in [1.807, 2.05) is 24.0 Å². The van der Waals surface area contributed by atoms with Crippen LogP contribution in [0.3, 0.4) is 0 Å². The molecule has 1 saturated carbocycles. The smallest absolute Gasteiger partial charge is 0.252 e. The zero-order valence-electron chi connectivity index (χ0n) is 15.4. The van der Waals surface area contributed by atoms with Gasteiger partial charge >= 0.3 is 0 Å². The third-order valence-corrected chi connectivity index (χ3v) is 5.73. The van der Waals surface area contributed by atoms with Crippen molar-refractivity contribution < 1.29 is 9.59 Å². The number of nitrogens with zero attached hydrogens (tertiary/aromatic N) is 2. The van der Waals surface area contributed by atoms with Crippen molar-refractivity contribution in [1.29, 1.82) is 0 Å². The molecule has 1 atom stereocenters. The molecule has 1 unspecified atom stereocenters. The number of rotatable bonds is 5. The molecule has 2 amide bonds. The molecule has 5 nitrogen and oxygen atoms in total. The average Bonchev–Trinajstić information content (AvgIpc) is 3.30. The number of pyridine rings is 1. The molecule has 2 fully saturated rings. The van der Waals surface area contributed by atoms with Crippen LogP contribution in [0.5, 0.6) is 0 Å². The predicted molar refractivity (Wildman–Crippen MR) is 97.2 cm³/mol. The summed E-state index contributed by atoms with van der Waals surface area (Å²) >= 11 is 0. The van der Waals surface area contributed by atoms with Gasteiger partial charge in [0.25, 0.3) is 5.91 Å². The van der Waals surface area contributed by atoms with E-state index in [4.69, 9.17) is 0 Å². The van der Waals surface area contributed by atoms with Crippen molar-refractivity contribution in [2.75, 3.05) is 13.6 Å². The summed E-state index contributed by atoms with van der Waals surface area (Å²) in [5.41, 5.74) is 2.24. The van der Waals surface area contributed by atoms with E-state index in [1.165, 1.54) is 25.7 Å². The highest BCUT2D eigenvalue weighted by Gasteiger charge is 2.31. The summed E-state index contributed by atoms with van der Waals surface area (Å²) in [6.07, 6.45) is 8.91. The van der Waals surface area contributed by atoms with Gasteiger partial charge < -0.3 is 10.2 Å². The van der Waals surface area contributed by atoms with E-state index in [9.17, 15) is 9.59 Å². The van der Waals surface area contributed by atoms with Gasteiger partial charge in [0.1, 0.15) is 0 Å². The Hall–Kier alpha value is -1.91. The van der Waals surface area contributed by atoms with E-state index in [0.717, 1.165) is 43.1 Å². The van der Waals surface area contributed by atoms with Crippen molar-refractivity contribution in [3.63, 3.8) is 0 Å². The maximum Gasteiger partial charge on any atom is 0.252 e. The average molecular weight is 343 g/mol. The van der Waals surface area contributed by atoms with E-state index < -0.39 is 0 Å². The summed E-state index contributed by atoms with van der Waals surface area (Å²) in [5.74, 6) is 0.897. The van der Waals surface area contributed by atoms with E-state index in [1.54, 1.807) is 7.05 Å². The molecule has 1 aromatic heterocycles. The second-order valence-corrected chi connectivity index (χ2v) is 7.38. The van der Waals surface area contributed by atoms with Crippen molar-refractivity contribution >= 4 is 11.8 Å². The van der Waals surface area contributed by atoms with Gasteiger partial charge in [0.2, 0.25) is 5.91 Å². The van der Waals surface area contributed by atoms with Gasteiger partial charge in [0.05, 0.1) is 23.0 Å². The molecule has 0 bridgehead atoms. The van der Waals surface area contributed by atoms with E-state index in [0.29, 0.717) is 12.0 Å². The van der Waals surface area contributed by atoms with Crippen molar-refractivity contribution in [1.82, 2.24) is 15.2 Å². The molecule has 1 aliphatic heterocycles. The van der Waals surface area contributed by atoms with Crippen LogP contribution in [0, 0.1) is 12.8 Å². The molecular weight excluding hydrogens is 314 g/mol. The van der Waals surface area contributed by atoms with Crippen LogP contribution in [0.1, 0.15) is 79.2 Å². The summed E-state index contributed by atoms with van der Waals surface area (Å²) < 4.78 is 0. The molecule has 1 N–H and O–H groups in total. The Bertz CT molecular complexity index is 638. The van der Waals surface area contributed by atoms with Crippen LogP contribution in [0.2, 0.25) is 0 Å². The molecule has 0 spiro atoms. The number of likely N-dealkylation sites (tertiary alicyclic amines) is 1.